The number of nitrogens with zero attached hydrogens (tertiary/aromatic N) is 2. The number of aryl methyl sites for hydroxylation is 1. The molecule has 2 aliphatic heterocycles. The summed E-state index contributed by atoms with van der Waals surface area (Å²) in [6.07, 6.45) is 0. The Hall–Kier alpha value is -6.00. The summed E-state index contributed by atoms with van der Waals surface area (Å²) in [4.78, 5) is 5.15. The summed E-state index contributed by atoms with van der Waals surface area (Å²) in [6, 6.07) is 51.0. The lowest BCUT2D eigenvalue weighted by atomic mass is 9.33. The van der Waals surface area contributed by atoms with Gasteiger partial charge in [0.25, 0.3) is 6.71 Å². The van der Waals surface area contributed by atoms with Gasteiger partial charge in [-0.25, -0.2) is 0 Å². The molecule has 11 rings (SSSR count). The van der Waals surface area contributed by atoms with Gasteiger partial charge in [0, 0.05) is 44.7 Å². The molecule has 0 fully saturated rings. The van der Waals surface area contributed by atoms with Gasteiger partial charge in [0.2, 0.25) is 0 Å². The van der Waals surface area contributed by atoms with Gasteiger partial charge in [-0.3, -0.25) is 0 Å². The molecule has 8 aromatic rings. The van der Waals surface area contributed by atoms with E-state index in [-0.39, 0.29) is 28.4 Å². The van der Waals surface area contributed by atoms with Crippen LogP contribution in [0.4, 0.5) is 34.1 Å². The molecule has 4 heteroatoms. The van der Waals surface area contributed by atoms with Crippen molar-refractivity contribution in [2.75, 3.05) is 9.80 Å². The first-order valence-electron chi connectivity index (χ1n) is 22.1. The smallest absolute Gasteiger partial charge is 0.252 e. The standard InChI is InChI=1S/C57H55BN2O/c1-34-29-48-53-49(30-34)60(46-20-16-22-51-52(46)38-17-12-15-21-50(38)61-51)47-33-42-41(56(8,9)39-18-13-14-19-40(39)57(42,10)11)32-44(47)58(53)43-31-36(55(5,6)7)25-28-45(43)59(48)37-26-23-35(24-27-37)54(2,3)4/h12-33H,1-11H3. The molecule has 1 aromatic heterocycles. The van der Waals surface area contributed by atoms with E-state index in [1.807, 2.05) is 0 Å². The molecule has 0 N–H and O–H groups in total. The van der Waals surface area contributed by atoms with E-state index in [0.717, 1.165) is 27.6 Å². The van der Waals surface area contributed by atoms with Crippen LogP contribution in [0.3, 0.4) is 0 Å². The molecule has 0 amide bonds. The van der Waals surface area contributed by atoms with E-state index in [9.17, 15) is 0 Å². The summed E-state index contributed by atoms with van der Waals surface area (Å²) < 4.78 is 6.62. The molecule has 3 aliphatic rings. The molecule has 7 aromatic carbocycles. The summed E-state index contributed by atoms with van der Waals surface area (Å²) in [7, 11) is 0. The Balaban J connectivity index is 1.29. The first-order chi connectivity index (χ1) is 28.9. The summed E-state index contributed by atoms with van der Waals surface area (Å²) in [6.45, 7) is 25.9. The van der Waals surface area contributed by atoms with Crippen molar-refractivity contribution in [2.45, 2.75) is 97.8 Å². The lowest BCUT2D eigenvalue weighted by Crippen LogP contribution is -2.62. The van der Waals surface area contributed by atoms with Crippen LogP contribution in [0.5, 0.6) is 0 Å². The van der Waals surface area contributed by atoms with Gasteiger partial charge in [-0.15, -0.1) is 0 Å². The molecule has 3 nitrogen and oxygen atoms in total. The Bertz CT molecular complexity index is 3130. The van der Waals surface area contributed by atoms with Crippen molar-refractivity contribution in [1.82, 2.24) is 0 Å². The third-order valence-electron chi connectivity index (χ3n) is 14.4. The van der Waals surface area contributed by atoms with E-state index in [1.165, 1.54) is 83.8 Å². The largest absolute Gasteiger partial charge is 0.456 e. The zero-order valence-electron chi connectivity index (χ0n) is 37.6. The first-order valence-corrected chi connectivity index (χ1v) is 22.1. The van der Waals surface area contributed by atoms with E-state index < -0.39 is 0 Å². The lowest BCUT2D eigenvalue weighted by Gasteiger charge is -2.48. The normalized spacial score (nSPS) is 16.0. The predicted octanol–water partition coefficient (Wildman–Crippen LogP) is 13.5. The van der Waals surface area contributed by atoms with Crippen molar-refractivity contribution in [3.63, 3.8) is 0 Å². The number of fused-ring (bicyclic) bond motifs is 9. The van der Waals surface area contributed by atoms with Crippen molar-refractivity contribution in [2.24, 2.45) is 0 Å². The SMILES string of the molecule is Cc1cc2c3c(c1)N(c1cccc4oc5ccccc5c14)c1cc4c(cc1B3c1cc(C(C)(C)C)ccc1N2c1ccc(C(C)(C)C)cc1)C(C)(C)c1ccccc1C4(C)C. The average Bonchev–Trinajstić information content (AvgIpc) is 3.61. The van der Waals surface area contributed by atoms with Crippen molar-refractivity contribution in [1.29, 1.82) is 0 Å². The molecule has 1 aliphatic carbocycles. The van der Waals surface area contributed by atoms with E-state index >= 15 is 0 Å². The summed E-state index contributed by atoms with van der Waals surface area (Å²) in [5.74, 6) is 0. The van der Waals surface area contributed by atoms with Gasteiger partial charge < -0.3 is 14.2 Å². The predicted molar refractivity (Wildman–Crippen MR) is 261 cm³/mol. The summed E-state index contributed by atoms with van der Waals surface area (Å²) in [5, 5.41) is 2.27. The van der Waals surface area contributed by atoms with Crippen LogP contribution in [0.25, 0.3) is 21.9 Å². The number of rotatable bonds is 2. The van der Waals surface area contributed by atoms with Crippen molar-refractivity contribution in [3.05, 3.63) is 172 Å². The van der Waals surface area contributed by atoms with Gasteiger partial charge in [-0.2, -0.15) is 0 Å². The van der Waals surface area contributed by atoms with Crippen LogP contribution in [0.15, 0.2) is 138 Å². The molecule has 0 saturated carbocycles. The van der Waals surface area contributed by atoms with Crippen molar-refractivity contribution < 1.29 is 4.42 Å². The highest BCUT2D eigenvalue weighted by atomic mass is 16.3. The van der Waals surface area contributed by atoms with E-state index in [0.29, 0.717) is 0 Å². The maximum absolute atomic E-state index is 6.62. The van der Waals surface area contributed by atoms with Crippen LogP contribution in [-0.4, -0.2) is 6.71 Å². The fourth-order valence-corrected chi connectivity index (χ4v) is 11.1. The Kier molecular flexibility index (Phi) is 7.80. The van der Waals surface area contributed by atoms with Crippen LogP contribution in [-0.2, 0) is 21.7 Å². The van der Waals surface area contributed by atoms with Crippen molar-refractivity contribution >= 4 is 79.2 Å². The van der Waals surface area contributed by atoms with E-state index in [1.54, 1.807) is 0 Å². The van der Waals surface area contributed by atoms with Crippen LogP contribution in [0.2, 0.25) is 0 Å². The zero-order chi connectivity index (χ0) is 42.5. The minimum atomic E-state index is -0.214. The third-order valence-corrected chi connectivity index (χ3v) is 14.4. The molecule has 0 bridgehead atoms. The minimum absolute atomic E-state index is 0.000859. The van der Waals surface area contributed by atoms with Gasteiger partial charge in [0.05, 0.1) is 11.1 Å². The van der Waals surface area contributed by atoms with Crippen molar-refractivity contribution in [3.8, 4) is 0 Å². The van der Waals surface area contributed by atoms with Crippen LogP contribution in [0, 0.1) is 6.92 Å². The Morgan fingerprint density at radius 2 is 1.05 bits per heavy atom. The fourth-order valence-electron chi connectivity index (χ4n) is 11.1. The molecule has 302 valence electrons. The molecule has 3 heterocycles. The number of furan rings is 1. The third kappa shape index (κ3) is 5.36. The second-order valence-electron chi connectivity index (χ2n) is 21.1. The minimum Gasteiger partial charge on any atom is -0.456 e. The fraction of sp³-hybridized carbons (Fsp3) is 0.263. The molecule has 0 atom stereocenters. The van der Waals surface area contributed by atoms with Crippen LogP contribution < -0.4 is 26.2 Å². The number of anilines is 6. The quantitative estimate of drug-likeness (QED) is 0.163. The Labute approximate surface area is 362 Å². The number of para-hydroxylation sites is 1. The topological polar surface area (TPSA) is 19.6 Å². The second kappa shape index (κ2) is 12.5. The highest BCUT2D eigenvalue weighted by molar-refractivity contribution is 7.00. The average molecular weight is 795 g/mol. The number of benzene rings is 7. The molecular formula is C57H55BN2O. The highest BCUT2D eigenvalue weighted by Crippen LogP contribution is 2.53. The molecule has 0 radical (unpaired) electrons. The number of hydrogen-bond acceptors (Lipinski definition) is 3. The molecular weight excluding hydrogens is 739 g/mol. The van der Waals surface area contributed by atoms with Gasteiger partial charge in [0.1, 0.15) is 11.2 Å². The second-order valence-corrected chi connectivity index (χ2v) is 21.1. The lowest BCUT2D eigenvalue weighted by molar-refractivity contribution is 0.521. The monoisotopic (exact) mass is 794 g/mol. The highest BCUT2D eigenvalue weighted by Gasteiger charge is 2.48. The van der Waals surface area contributed by atoms with Gasteiger partial charge >= 0.3 is 0 Å². The van der Waals surface area contributed by atoms with Gasteiger partial charge in [0.15, 0.2) is 0 Å². The first kappa shape index (κ1) is 38.0. The maximum Gasteiger partial charge on any atom is 0.252 e. The number of hydrogen-bond donors (Lipinski definition) is 0. The van der Waals surface area contributed by atoms with Crippen LogP contribution >= 0.6 is 0 Å². The van der Waals surface area contributed by atoms with Gasteiger partial charge in [-0.05, 0) is 128 Å². The molecule has 61 heavy (non-hydrogen) atoms. The Morgan fingerprint density at radius 1 is 0.475 bits per heavy atom. The zero-order valence-corrected chi connectivity index (χ0v) is 37.6. The molecule has 0 unspecified atom stereocenters. The van der Waals surface area contributed by atoms with E-state index in [4.69, 9.17) is 4.42 Å². The molecule has 0 spiro atoms. The maximum atomic E-state index is 6.62. The van der Waals surface area contributed by atoms with Gasteiger partial charge in [-0.1, -0.05) is 148 Å². The summed E-state index contributed by atoms with van der Waals surface area (Å²) in [5.41, 5.74) is 22.2. The van der Waals surface area contributed by atoms with E-state index in [2.05, 4.69) is 219 Å². The molecule has 0 saturated heterocycles. The Morgan fingerprint density at radius 3 is 1.72 bits per heavy atom. The summed E-state index contributed by atoms with van der Waals surface area (Å²) >= 11 is 0. The van der Waals surface area contributed by atoms with Crippen LogP contribution in [0.1, 0.15) is 108 Å².